The number of anilines is 1. The van der Waals surface area contributed by atoms with Crippen LogP contribution in [-0.4, -0.2) is 27.0 Å². The first-order valence-electron chi connectivity index (χ1n) is 4.64. The number of benzene rings is 1. The third-order valence-corrected chi connectivity index (χ3v) is 2.71. The van der Waals surface area contributed by atoms with Crippen molar-refractivity contribution < 1.29 is 9.53 Å². The summed E-state index contributed by atoms with van der Waals surface area (Å²) in [5.41, 5.74) is 2.97. The molecule has 0 radical (unpaired) electrons. The molecule has 3 nitrogen and oxygen atoms in total. The zero-order chi connectivity index (χ0) is 10.1. The molecule has 3 heteroatoms. The van der Waals surface area contributed by atoms with Crippen molar-refractivity contribution in [2.24, 2.45) is 0 Å². The van der Waals surface area contributed by atoms with Gasteiger partial charge in [0.1, 0.15) is 5.75 Å². The minimum Gasteiger partial charge on any atom is -0.496 e. The number of likely N-dealkylation sites (N-methyl/N-ethyl adjacent to an activating group) is 1. The van der Waals surface area contributed by atoms with Gasteiger partial charge in [0.15, 0.2) is 6.29 Å². The van der Waals surface area contributed by atoms with Crippen molar-refractivity contribution in [1.82, 2.24) is 0 Å². The van der Waals surface area contributed by atoms with Crippen molar-refractivity contribution >= 4 is 12.0 Å². The molecule has 0 saturated heterocycles. The van der Waals surface area contributed by atoms with Crippen LogP contribution in [0.2, 0.25) is 0 Å². The molecule has 1 heterocycles. The molecule has 2 rings (SSSR count). The summed E-state index contributed by atoms with van der Waals surface area (Å²) in [6.45, 7) is 0.994. The largest absolute Gasteiger partial charge is 0.496 e. The molecule has 0 unspecified atom stereocenters. The Morgan fingerprint density at radius 3 is 2.93 bits per heavy atom. The highest BCUT2D eigenvalue weighted by Gasteiger charge is 2.21. The van der Waals surface area contributed by atoms with Crippen molar-refractivity contribution in [3.63, 3.8) is 0 Å². The average molecular weight is 191 g/mol. The zero-order valence-electron chi connectivity index (χ0n) is 8.41. The summed E-state index contributed by atoms with van der Waals surface area (Å²) in [5, 5.41) is 0. The zero-order valence-corrected chi connectivity index (χ0v) is 8.41. The summed E-state index contributed by atoms with van der Waals surface area (Å²) in [6.07, 6.45) is 1.80. The van der Waals surface area contributed by atoms with Crippen molar-refractivity contribution in [2.45, 2.75) is 6.42 Å². The second-order valence-electron chi connectivity index (χ2n) is 3.48. The Kier molecular flexibility index (Phi) is 2.15. The van der Waals surface area contributed by atoms with Crippen molar-refractivity contribution in [3.8, 4) is 5.75 Å². The number of methoxy groups -OCH3 is 1. The molecule has 74 valence electrons. The molecule has 0 bridgehead atoms. The third kappa shape index (κ3) is 1.16. The molecule has 0 amide bonds. The molecule has 1 aromatic carbocycles. The standard InChI is InChI=1S/C11H13NO2/c1-12-6-5-9-10(12)4-3-8(7-13)11(9)14-2/h3-4,7H,5-6H2,1-2H3. The van der Waals surface area contributed by atoms with Gasteiger partial charge in [-0.3, -0.25) is 4.79 Å². The first kappa shape index (κ1) is 9.06. The third-order valence-electron chi connectivity index (χ3n) is 2.71. The van der Waals surface area contributed by atoms with E-state index in [1.807, 2.05) is 19.2 Å². The van der Waals surface area contributed by atoms with Gasteiger partial charge in [0.2, 0.25) is 0 Å². The molecule has 0 N–H and O–H groups in total. The topological polar surface area (TPSA) is 29.5 Å². The molecular weight excluding hydrogens is 178 g/mol. The Hall–Kier alpha value is -1.51. The Balaban J connectivity index is 2.59. The van der Waals surface area contributed by atoms with Crippen LogP contribution in [0, 0.1) is 0 Å². The second kappa shape index (κ2) is 3.33. The van der Waals surface area contributed by atoms with E-state index in [4.69, 9.17) is 4.74 Å². The number of rotatable bonds is 2. The van der Waals surface area contributed by atoms with Gasteiger partial charge in [-0.25, -0.2) is 0 Å². The smallest absolute Gasteiger partial charge is 0.153 e. The van der Waals surface area contributed by atoms with Gasteiger partial charge in [0.25, 0.3) is 0 Å². The monoisotopic (exact) mass is 191 g/mol. The summed E-state index contributed by atoms with van der Waals surface area (Å²) >= 11 is 0. The maximum atomic E-state index is 10.8. The van der Waals surface area contributed by atoms with Gasteiger partial charge < -0.3 is 9.64 Å². The van der Waals surface area contributed by atoms with Crippen LogP contribution in [0.4, 0.5) is 5.69 Å². The number of nitrogens with zero attached hydrogens (tertiary/aromatic N) is 1. The number of hydrogen-bond donors (Lipinski definition) is 0. The molecule has 0 atom stereocenters. The first-order valence-corrected chi connectivity index (χ1v) is 4.64. The number of aldehydes is 1. The molecule has 0 aromatic heterocycles. The lowest BCUT2D eigenvalue weighted by Crippen LogP contribution is -2.12. The van der Waals surface area contributed by atoms with E-state index in [0.717, 1.165) is 30.6 Å². The molecule has 0 saturated carbocycles. The van der Waals surface area contributed by atoms with Crippen LogP contribution < -0.4 is 9.64 Å². The van der Waals surface area contributed by atoms with Crippen LogP contribution in [0.5, 0.6) is 5.75 Å². The minimum atomic E-state index is 0.640. The molecular formula is C11H13NO2. The van der Waals surface area contributed by atoms with Crippen molar-refractivity contribution in [2.75, 3.05) is 25.6 Å². The van der Waals surface area contributed by atoms with E-state index in [2.05, 4.69) is 4.90 Å². The summed E-state index contributed by atoms with van der Waals surface area (Å²) in [4.78, 5) is 12.9. The van der Waals surface area contributed by atoms with Gasteiger partial charge in [-0.2, -0.15) is 0 Å². The van der Waals surface area contributed by atoms with E-state index in [1.165, 1.54) is 5.69 Å². The molecule has 1 aliphatic rings. The average Bonchev–Trinajstić information content (AvgIpc) is 2.59. The van der Waals surface area contributed by atoms with E-state index in [-0.39, 0.29) is 0 Å². The van der Waals surface area contributed by atoms with Gasteiger partial charge in [-0.15, -0.1) is 0 Å². The number of carbonyl (C=O) groups excluding carboxylic acids is 1. The summed E-state index contributed by atoms with van der Waals surface area (Å²) in [7, 11) is 3.66. The van der Waals surface area contributed by atoms with Gasteiger partial charge in [0.05, 0.1) is 12.7 Å². The minimum absolute atomic E-state index is 0.640. The highest BCUT2D eigenvalue weighted by Crippen LogP contribution is 2.36. The van der Waals surface area contributed by atoms with Gasteiger partial charge in [-0.1, -0.05) is 0 Å². The lowest BCUT2D eigenvalue weighted by atomic mass is 10.1. The highest BCUT2D eigenvalue weighted by atomic mass is 16.5. The van der Waals surface area contributed by atoms with Gasteiger partial charge in [0, 0.05) is 24.8 Å². The predicted octanol–water partition coefficient (Wildman–Crippen LogP) is 1.50. The lowest BCUT2D eigenvalue weighted by molar-refractivity contribution is 0.112. The first-order chi connectivity index (χ1) is 6.77. The summed E-state index contributed by atoms with van der Waals surface area (Å²) in [5.74, 6) is 0.738. The van der Waals surface area contributed by atoms with Gasteiger partial charge >= 0.3 is 0 Å². The fourth-order valence-corrected chi connectivity index (χ4v) is 1.97. The molecule has 0 fully saturated rings. The fraction of sp³-hybridized carbons (Fsp3) is 0.364. The summed E-state index contributed by atoms with van der Waals surface area (Å²) in [6, 6.07) is 3.79. The van der Waals surface area contributed by atoms with Crippen molar-refractivity contribution in [1.29, 1.82) is 0 Å². The number of carbonyl (C=O) groups is 1. The molecule has 0 spiro atoms. The van der Waals surface area contributed by atoms with E-state index in [9.17, 15) is 4.79 Å². The molecule has 1 aromatic rings. The van der Waals surface area contributed by atoms with E-state index in [1.54, 1.807) is 7.11 Å². The Morgan fingerprint density at radius 2 is 2.29 bits per heavy atom. The maximum Gasteiger partial charge on any atom is 0.153 e. The van der Waals surface area contributed by atoms with E-state index in [0.29, 0.717) is 5.56 Å². The fourth-order valence-electron chi connectivity index (χ4n) is 1.97. The lowest BCUT2D eigenvalue weighted by Gasteiger charge is -2.13. The Bertz CT molecular complexity index is 374. The van der Waals surface area contributed by atoms with E-state index >= 15 is 0 Å². The van der Waals surface area contributed by atoms with Crippen molar-refractivity contribution in [3.05, 3.63) is 23.3 Å². The molecule has 14 heavy (non-hydrogen) atoms. The SMILES string of the molecule is COc1c(C=O)ccc2c1CCN2C. The predicted molar refractivity (Wildman–Crippen MR) is 55.4 cm³/mol. The second-order valence-corrected chi connectivity index (χ2v) is 3.48. The number of fused-ring (bicyclic) bond motifs is 1. The number of ether oxygens (including phenoxy) is 1. The number of hydrogen-bond acceptors (Lipinski definition) is 3. The van der Waals surface area contributed by atoms with Crippen LogP contribution in [0.25, 0.3) is 0 Å². The normalized spacial score (nSPS) is 14.0. The summed E-state index contributed by atoms with van der Waals surface area (Å²) < 4.78 is 5.27. The van der Waals surface area contributed by atoms with Crippen LogP contribution in [0.3, 0.4) is 0 Å². The Labute approximate surface area is 83.3 Å². The molecule has 0 aliphatic carbocycles. The van der Waals surface area contributed by atoms with E-state index < -0.39 is 0 Å². The highest BCUT2D eigenvalue weighted by molar-refractivity contribution is 5.83. The quantitative estimate of drug-likeness (QED) is 0.663. The Morgan fingerprint density at radius 1 is 1.50 bits per heavy atom. The maximum absolute atomic E-state index is 10.8. The molecule has 1 aliphatic heterocycles. The van der Waals surface area contributed by atoms with Crippen LogP contribution in [0.1, 0.15) is 15.9 Å². The van der Waals surface area contributed by atoms with Crippen LogP contribution in [-0.2, 0) is 6.42 Å². The van der Waals surface area contributed by atoms with Gasteiger partial charge in [-0.05, 0) is 18.6 Å². The van der Waals surface area contributed by atoms with Crippen LogP contribution in [0.15, 0.2) is 12.1 Å². The van der Waals surface area contributed by atoms with Crippen LogP contribution >= 0.6 is 0 Å².